The largest absolute Gasteiger partial charge is 0.326 e. The van der Waals surface area contributed by atoms with Gasteiger partial charge in [0.15, 0.2) is 0 Å². The Morgan fingerprint density at radius 1 is 1.19 bits per heavy atom. The molecule has 1 aromatic rings. The third kappa shape index (κ3) is 10.8. The molecular weight excluding hydrogens is 338 g/mol. The first-order valence-corrected chi connectivity index (χ1v) is 11.0. The van der Waals surface area contributed by atoms with E-state index in [1.165, 1.54) is 18.5 Å². The van der Waals surface area contributed by atoms with Crippen LogP contribution in [-0.4, -0.2) is 25.6 Å². The molecule has 1 saturated heterocycles. The lowest BCUT2D eigenvalue weighted by atomic mass is 10.1. The topological polar surface area (TPSA) is 50.4 Å². The molecule has 26 heavy (non-hydrogen) atoms. The van der Waals surface area contributed by atoms with Crippen LogP contribution in [0.3, 0.4) is 0 Å². The Labute approximate surface area is 167 Å². The summed E-state index contributed by atoms with van der Waals surface area (Å²) in [5.74, 6) is 0.912. The van der Waals surface area contributed by atoms with Crippen molar-refractivity contribution in [2.45, 2.75) is 67.5 Å². The predicted molar refractivity (Wildman–Crippen MR) is 124 cm³/mol. The third-order valence-corrected chi connectivity index (χ3v) is 4.73. The number of thioether (sulfide) groups is 1. The molecule has 0 aromatic heterocycles. The second-order valence-corrected chi connectivity index (χ2v) is 6.64. The highest BCUT2D eigenvalue weighted by Gasteiger charge is 2.14. The molecule has 150 valence electrons. The van der Waals surface area contributed by atoms with E-state index in [4.69, 9.17) is 5.73 Å². The fourth-order valence-corrected chi connectivity index (χ4v) is 3.24. The summed E-state index contributed by atoms with van der Waals surface area (Å²) < 4.78 is 0. The Hall–Kier alpha value is -1.10. The number of allylic oxidation sites excluding steroid dienone is 1. The molecule has 1 heterocycles. The number of hydrogen-bond acceptors (Lipinski definition) is 4. The van der Waals surface area contributed by atoms with Crippen LogP contribution in [0, 0.1) is 5.92 Å². The second-order valence-electron chi connectivity index (χ2n) is 5.83. The lowest BCUT2D eigenvalue weighted by Gasteiger charge is -2.07. The first-order valence-electron chi connectivity index (χ1n) is 9.76. The fourth-order valence-electron chi connectivity index (χ4n) is 2.51. The van der Waals surface area contributed by atoms with Crippen LogP contribution in [0.5, 0.6) is 0 Å². The number of aliphatic imine (C=N–C) groups is 1. The molecule has 1 fully saturated rings. The number of rotatable bonds is 4. The lowest BCUT2D eigenvalue weighted by Crippen LogP contribution is -2.16. The third-order valence-electron chi connectivity index (χ3n) is 3.79. The maximum Gasteiger partial charge on any atom is 0.0506 e. The maximum atomic E-state index is 5.55. The van der Waals surface area contributed by atoms with Crippen LogP contribution >= 0.6 is 11.8 Å². The number of benzene rings is 1. The highest BCUT2D eigenvalue weighted by Crippen LogP contribution is 2.29. The lowest BCUT2D eigenvalue weighted by molar-refractivity contribution is 0.622. The number of nitrogens with two attached hydrogens (primary N) is 1. The molecule has 1 aromatic carbocycles. The summed E-state index contributed by atoms with van der Waals surface area (Å²) in [6.07, 6.45) is 3.40. The van der Waals surface area contributed by atoms with E-state index in [-0.39, 0.29) is 0 Å². The monoisotopic (exact) mass is 379 g/mol. The van der Waals surface area contributed by atoms with Gasteiger partial charge in [0.25, 0.3) is 0 Å². The van der Waals surface area contributed by atoms with Gasteiger partial charge < -0.3 is 11.1 Å². The Kier molecular flexibility index (Phi) is 18.1. The van der Waals surface area contributed by atoms with Gasteiger partial charge in [0, 0.05) is 17.5 Å². The van der Waals surface area contributed by atoms with Crippen LogP contribution < -0.4 is 11.1 Å². The average Bonchev–Trinajstić information content (AvgIpc) is 3.09. The molecule has 0 amide bonds. The van der Waals surface area contributed by atoms with Gasteiger partial charge in [0.2, 0.25) is 0 Å². The average molecular weight is 380 g/mol. The summed E-state index contributed by atoms with van der Waals surface area (Å²) in [4.78, 5) is 5.12. The van der Waals surface area contributed by atoms with Crippen molar-refractivity contribution in [3.05, 3.63) is 41.1 Å². The summed E-state index contributed by atoms with van der Waals surface area (Å²) in [6, 6.07) is 9.00. The molecule has 0 aliphatic carbocycles. The summed E-state index contributed by atoms with van der Waals surface area (Å²) >= 11 is 1.68. The normalized spacial score (nSPS) is 18.8. The van der Waals surface area contributed by atoms with E-state index in [9.17, 15) is 0 Å². The molecule has 3 N–H and O–H groups in total. The number of nitrogens with zero attached hydrogens (tertiary/aromatic N) is 1. The van der Waals surface area contributed by atoms with Crippen molar-refractivity contribution in [3.63, 3.8) is 0 Å². The van der Waals surface area contributed by atoms with E-state index in [2.05, 4.69) is 43.0 Å². The molecule has 0 radical (unpaired) electrons. The molecule has 0 saturated carbocycles. The van der Waals surface area contributed by atoms with Crippen molar-refractivity contribution in [1.29, 1.82) is 0 Å². The minimum absolute atomic E-state index is 0.581. The first-order chi connectivity index (χ1) is 12.5. The molecular formula is C22H41N3S. The van der Waals surface area contributed by atoms with E-state index in [1.54, 1.807) is 11.8 Å². The molecule has 0 spiro atoms. The summed E-state index contributed by atoms with van der Waals surface area (Å²) in [5, 5.41) is 3.37. The van der Waals surface area contributed by atoms with Gasteiger partial charge in [-0.15, -0.1) is 11.8 Å². The zero-order chi connectivity index (χ0) is 20.5. The molecule has 2 atom stereocenters. The van der Waals surface area contributed by atoms with Crippen molar-refractivity contribution in [3.8, 4) is 0 Å². The Bertz CT molecular complexity index is 487. The van der Waals surface area contributed by atoms with Gasteiger partial charge in [-0.3, -0.25) is 4.99 Å². The van der Waals surface area contributed by atoms with Crippen LogP contribution in [-0.2, 0) is 6.54 Å². The standard InChI is InChI=1S/C12H16N2S.C6H13N.2C2H6/c1-9(14-2)12(15-3)11-6-4-10(8-13)5-7-11;1-5-3-6(2)7-4-5;2*1-2/h4-7H,2,8,13H2,1,3H3;5-7H,3-4H2,1-2H3;2*1-2H3/b12-9-;;;/t;5?,6-;;/m.1../s1. The molecule has 2 rings (SSSR count). The zero-order valence-electron chi connectivity index (χ0n) is 18.2. The zero-order valence-corrected chi connectivity index (χ0v) is 19.0. The predicted octanol–water partition coefficient (Wildman–Crippen LogP) is 5.95. The molecule has 0 bridgehead atoms. The Morgan fingerprint density at radius 3 is 2.00 bits per heavy atom. The smallest absolute Gasteiger partial charge is 0.0506 e. The van der Waals surface area contributed by atoms with E-state index < -0.39 is 0 Å². The van der Waals surface area contributed by atoms with Crippen LogP contribution in [0.1, 0.15) is 66.0 Å². The number of hydrogen-bond donors (Lipinski definition) is 2. The number of nitrogens with one attached hydrogen (secondary N) is 1. The van der Waals surface area contributed by atoms with Gasteiger partial charge in [-0.05, 0) is 56.8 Å². The van der Waals surface area contributed by atoms with E-state index in [0.29, 0.717) is 6.54 Å². The van der Waals surface area contributed by atoms with Gasteiger partial charge in [-0.2, -0.15) is 0 Å². The van der Waals surface area contributed by atoms with Crippen LogP contribution in [0.25, 0.3) is 4.91 Å². The summed E-state index contributed by atoms with van der Waals surface area (Å²) in [6.45, 7) is 19.8. The van der Waals surface area contributed by atoms with Gasteiger partial charge in [-0.1, -0.05) is 58.9 Å². The molecule has 1 unspecified atom stereocenters. The van der Waals surface area contributed by atoms with Crippen molar-refractivity contribution >= 4 is 23.4 Å². The second kappa shape index (κ2) is 17.3. The van der Waals surface area contributed by atoms with Gasteiger partial charge in [0.05, 0.1) is 5.70 Å². The van der Waals surface area contributed by atoms with Gasteiger partial charge >= 0.3 is 0 Å². The van der Waals surface area contributed by atoms with E-state index in [0.717, 1.165) is 28.1 Å². The van der Waals surface area contributed by atoms with E-state index in [1.807, 2.05) is 53.0 Å². The summed E-state index contributed by atoms with van der Waals surface area (Å²) in [5.41, 5.74) is 8.82. The van der Waals surface area contributed by atoms with Crippen molar-refractivity contribution in [2.24, 2.45) is 16.6 Å². The Balaban J connectivity index is 0. The SMILES string of the molecule is C=N/C(C)=C(\SC)c1ccc(CN)cc1.CC.CC.CC1CN[C@H](C)C1. The highest BCUT2D eigenvalue weighted by atomic mass is 32.2. The van der Waals surface area contributed by atoms with Crippen molar-refractivity contribution in [2.75, 3.05) is 12.8 Å². The van der Waals surface area contributed by atoms with Crippen LogP contribution in [0.15, 0.2) is 35.0 Å². The fraction of sp³-hybridized carbons (Fsp3) is 0.591. The maximum absolute atomic E-state index is 5.55. The van der Waals surface area contributed by atoms with Crippen LogP contribution in [0.2, 0.25) is 0 Å². The first kappa shape index (κ1) is 27.1. The molecule has 3 nitrogen and oxygen atoms in total. The molecule has 1 aliphatic heterocycles. The Morgan fingerprint density at radius 2 is 1.73 bits per heavy atom. The van der Waals surface area contributed by atoms with Crippen molar-refractivity contribution in [1.82, 2.24) is 5.32 Å². The van der Waals surface area contributed by atoms with Crippen LogP contribution in [0.4, 0.5) is 0 Å². The minimum Gasteiger partial charge on any atom is -0.326 e. The van der Waals surface area contributed by atoms with Gasteiger partial charge in [0.1, 0.15) is 0 Å². The molecule has 4 heteroatoms. The summed E-state index contributed by atoms with van der Waals surface area (Å²) in [7, 11) is 0. The van der Waals surface area contributed by atoms with Crippen molar-refractivity contribution < 1.29 is 0 Å². The highest BCUT2D eigenvalue weighted by molar-refractivity contribution is 8.07. The van der Waals surface area contributed by atoms with Gasteiger partial charge in [-0.25, -0.2) is 0 Å². The van der Waals surface area contributed by atoms with E-state index >= 15 is 0 Å². The quantitative estimate of drug-likeness (QED) is 0.635. The molecule has 1 aliphatic rings. The minimum atomic E-state index is 0.581.